The van der Waals surface area contributed by atoms with E-state index in [0.717, 1.165) is 9.79 Å². The fourth-order valence-corrected chi connectivity index (χ4v) is 20.6. The zero-order valence-corrected chi connectivity index (χ0v) is 73.1. The van der Waals surface area contributed by atoms with E-state index in [-0.39, 0.29) is 68.5 Å². The van der Waals surface area contributed by atoms with Crippen molar-refractivity contribution in [2.75, 3.05) is 42.4 Å². The fourth-order valence-electron chi connectivity index (χ4n) is 18.2. The molecule has 0 spiro atoms. The highest BCUT2D eigenvalue weighted by Crippen LogP contribution is 2.50. The van der Waals surface area contributed by atoms with Crippen LogP contribution in [0.4, 0.5) is 0 Å². The number of hydrogen-bond donors (Lipinski definition) is 11. The molecule has 0 aromatic heterocycles. The number of thioether (sulfide) groups is 2. The molecule has 0 amide bonds. The van der Waals surface area contributed by atoms with Crippen molar-refractivity contribution in [3.63, 3.8) is 0 Å². The number of carbonyl (C=O) groups is 2. The molecule has 0 bridgehead atoms. The number of cyclic esters (lactones) is 2. The molecule has 16 unspecified atom stereocenters. The molecule has 8 rings (SSSR count). The summed E-state index contributed by atoms with van der Waals surface area (Å²) in [6.07, 6.45) is -18.9. The summed E-state index contributed by atoms with van der Waals surface area (Å²) in [6.45, 7) is 33.8. The highest BCUT2D eigenvalue weighted by Gasteiger charge is 2.57. The number of likely N-dealkylation sites (N-methyl/N-ethyl adjacent to an activating group) is 2. The number of nitrogens with zero attached hydrogens (tertiary/aromatic N) is 4. The molecule has 30 nitrogen and oxygen atoms in total. The van der Waals surface area contributed by atoms with Crippen LogP contribution in [0.25, 0.3) is 0 Å². The smallest absolute Gasteiger partial charge is 0.311 e. The third-order valence-electron chi connectivity index (χ3n) is 25.4. The minimum Gasteiger partial charge on any atom is -0.459 e. The second-order valence-electron chi connectivity index (χ2n) is 35.3. The molecular formula is C81H140N4O26S2. The topological polar surface area (TPSA) is 408 Å². The minimum absolute atomic E-state index is 0.00227. The maximum Gasteiger partial charge on any atom is 0.311 e. The zero-order chi connectivity index (χ0) is 85.0. The van der Waals surface area contributed by atoms with Gasteiger partial charge in [-0.1, -0.05) is 101 Å². The quantitative estimate of drug-likeness (QED) is 0.0459. The van der Waals surface area contributed by atoms with Crippen LogP contribution in [0.2, 0.25) is 0 Å². The maximum atomic E-state index is 14.4. The Morgan fingerprint density at radius 2 is 0.858 bits per heavy atom. The van der Waals surface area contributed by atoms with E-state index in [9.17, 15) is 65.9 Å². The Morgan fingerprint density at radius 1 is 0.504 bits per heavy atom. The molecule has 652 valence electrons. The first-order valence-corrected chi connectivity index (χ1v) is 42.1. The van der Waals surface area contributed by atoms with Crippen LogP contribution < -0.4 is 0 Å². The van der Waals surface area contributed by atoms with E-state index in [2.05, 4.69) is 10.3 Å². The second-order valence-corrected chi connectivity index (χ2v) is 37.8. The van der Waals surface area contributed by atoms with Gasteiger partial charge in [-0.05, 0) is 162 Å². The summed E-state index contributed by atoms with van der Waals surface area (Å²) in [5.74, 6) is -8.29. The number of aliphatic hydroxyl groups is 10. The molecule has 32 heteroatoms. The van der Waals surface area contributed by atoms with Gasteiger partial charge in [0.1, 0.15) is 47.8 Å². The standard InChI is InChI=1S/C44H72N2O13S2.C37H68N2O13/c1-14-31-44(10,52)36(48)24(4)33(45-59-41-60-29-17-15-16-18-30(29)61-41)22(2)20-42(8,51)38(58-40-34(47)28(46(11)12)19-23(3)54-40)25(5)35(26(6)39(50)56-31)57-32-21-43(9,53-13)37(49)27(7)55-32;1-14-25-37(10,45)30(41)20(4)27(38-46)18(2)16-35(8,44)32(52-34-28(40)24(39(11)12)15-19(3)48-34)21(5)29(22(6)33(43)50-25)51-26-17-36(9,47-13)31(42)23(7)49-26/h15-18,22-28,31-32,34-38,40-41,47-49,51-52H,14,19-21H2,1-13H3;18-26,28-32,34,40-42,44-46H,14-17H2,1-13H3/b45-33+;38-27+/t22-,23?,24+,25+,26-,27?,28?,31-,32?,34?,35+,36-,37?,38-,40?,42-,43?,44-;18-,19?,20+,21+,22-,23?,24?,25-,26?,28?,29+,30-,31?,32-,34?,35-,36?,37-/m11/s1. The van der Waals surface area contributed by atoms with E-state index in [4.69, 9.17) is 61.7 Å². The molecule has 1 aromatic rings. The van der Waals surface area contributed by atoms with E-state index in [1.54, 1.807) is 104 Å². The van der Waals surface area contributed by atoms with E-state index in [0.29, 0.717) is 18.6 Å². The Labute approximate surface area is 678 Å². The number of aliphatic hydroxyl groups excluding tert-OH is 6. The maximum absolute atomic E-state index is 14.4. The molecule has 6 saturated heterocycles. The van der Waals surface area contributed by atoms with E-state index in [1.807, 2.05) is 83.0 Å². The van der Waals surface area contributed by atoms with Gasteiger partial charge in [-0.3, -0.25) is 9.59 Å². The summed E-state index contributed by atoms with van der Waals surface area (Å²) in [5, 5.41) is 136. The minimum atomic E-state index is -1.97. The summed E-state index contributed by atoms with van der Waals surface area (Å²) in [4.78, 5) is 40.7. The van der Waals surface area contributed by atoms with Gasteiger partial charge in [-0.25, -0.2) is 0 Å². The lowest BCUT2D eigenvalue weighted by Crippen LogP contribution is -2.61. The summed E-state index contributed by atoms with van der Waals surface area (Å²) in [5.41, 5.74) is -9.07. The summed E-state index contributed by atoms with van der Waals surface area (Å²) < 4.78 is 74.7. The van der Waals surface area contributed by atoms with Crippen LogP contribution in [0.5, 0.6) is 0 Å². The highest BCUT2D eigenvalue weighted by molar-refractivity contribution is 8.19. The van der Waals surface area contributed by atoms with Gasteiger partial charge in [0.15, 0.2) is 25.2 Å². The molecule has 7 aliphatic heterocycles. The Morgan fingerprint density at radius 3 is 1.19 bits per heavy atom. The van der Waals surface area contributed by atoms with Crippen molar-refractivity contribution < 1.29 is 128 Å². The molecule has 36 atom stereocenters. The average molecular weight is 1650 g/mol. The number of oxime groups is 2. The van der Waals surface area contributed by atoms with Crippen molar-refractivity contribution in [2.24, 2.45) is 57.7 Å². The first-order valence-electron chi connectivity index (χ1n) is 40.4. The molecule has 0 saturated carbocycles. The molecule has 113 heavy (non-hydrogen) atoms. The van der Waals surface area contributed by atoms with E-state index >= 15 is 0 Å². The van der Waals surface area contributed by atoms with Gasteiger partial charge in [0.05, 0.1) is 107 Å². The monoisotopic (exact) mass is 1650 g/mol. The Balaban J connectivity index is 0.000000318. The van der Waals surface area contributed by atoms with Gasteiger partial charge in [0, 0.05) is 84.4 Å². The Bertz CT molecular complexity index is 3240. The third-order valence-corrected chi connectivity index (χ3v) is 27.9. The molecule has 11 N–H and O–H groups in total. The lowest BCUT2D eigenvalue weighted by molar-refractivity contribution is -0.318. The first-order chi connectivity index (χ1) is 52.4. The summed E-state index contributed by atoms with van der Waals surface area (Å²) >= 11 is 3.01. The van der Waals surface area contributed by atoms with Crippen LogP contribution in [0.15, 0.2) is 44.4 Å². The molecule has 1 aromatic carbocycles. The van der Waals surface area contributed by atoms with Crippen LogP contribution in [0.3, 0.4) is 0 Å². The number of fused-ring (bicyclic) bond motifs is 1. The van der Waals surface area contributed by atoms with Crippen LogP contribution >= 0.6 is 23.5 Å². The van der Waals surface area contributed by atoms with Crippen molar-refractivity contribution in [1.29, 1.82) is 0 Å². The van der Waals surface area contributed by atoms with Crippen LogP contribution in [-0.2, 0) is 71.3 Å². The summed E-state index contributed by atoms with van der Waals surface area (Å²) in [7, 11) is 10.4. The van der Waals surface area contributed by atoms with Gasteiger partial charge in [0.2, 0.25) is 4.77 Å². The largest absolute Gasteiger partial charge is 0.459 e. The highest BCUT2D eigenvalue weighted by atomic mass is 32.2. The molecule has 7 aliphatic rings. The van der Waals surface area contributed by atoms with Gasteiger partial charge in [-0.15, -0.1) is 0 Å². The van der Waals surface area contributed by atoms with Gasteiger partial charge in [-0.2, -0.15) is 0 Å². The van der Waals surface area contributed by atoms with E-state index < -0.39 is 208 Å². The van der Waals surface area contributed by atoms with Crippen molar-refractivity contribution in [1.82, 2.24) is 9.80 Å². The zero-order valence-electron chi connectivity index (χ0n) is 71.5. The number of ether oxygens (including phenoxy) is 12. The van der Waals surface area contributed by atoms with Crippen LogP contribution in [0, 0.1) is 47.3 Å². The third kappa shape index (κ3) is 22.2. The lowest BCUT2D eigenvalue weighted by Gasteiger charge is -2.49. The van der Waals surface area contributed by atoms with Crippen molar-refractivity contribution >= 4 is 46.9 Å². The molecule has 0 radical (unpaired) electrons. The number of rotatable bonds is 16. The van der Waals surface area contributed by atoms with Gasteiger partial charge >= 0.3 is 11.9 Å². The van der Waals surface area contributed by atoms with E-state index in [1.165, 1.54) is 51.6 Å². The van der Waals surface area contributed by atoms with Crippen molar-refractivity contribution in [3.8, 4) is 0 Å². The fraction of sp³-hybridized carbons (Fsp3) is 0.877. The molecule has 0 aliphatic carbocycles. The predicted molar refractivity (Wildman–Crippen MR) is 422 cm³/mol. The predicted octanol–water partition coefficient (Wildman–Crippen LogP) is 6.82. The van der Waals surface area contributed by atoms with Crippen molar-refractivity contribution in [3.05, 3.63) is 24.3 Å². The summed E-state index contributed by atoms with van der Waals surface area (Å²) in [6, 6.07) is 7.29. The molecular weight excluding hydrogens is 1510 g/mol. The molecule has 7 heterocycles. The van der Waals surface area contributed by atoms with Crippen molar-refractivity contribution in [2.45, 2.75) is 373 Å². The normalized spacial score (nSPS) is 47.4. The average Bonchev–Trinajstić information content (AvgIpc) is 1.51. The number of methoxy groups -OCH3 is 2. The lowest BCUT2D eigenvalue weighted by atomic mass is 9.73. The van der Waals surface area contributed by atoms with Crippen LogP contribution in [0.1, 0.15) is 190 Å². The first kappa shape index (κ1) is 97.0. The van der Waals surface area contributed by atoms with Gasteiger partial charge in [0.25, 0.3) is 0 Å². The Kier molecular flexibility index (Phi) is 34.0. The molecule has 6 fully saturated rings. The van der Waals surface area contributed by atoms with Gasteiger partial charge < -0.3 is 128 Å². The second kappa shape index (κ2) is 39.6. The van der Waals surface area contributed by atoms with Crippen LogP contribution in [-0.4, -0.2) is 305 Å². The number of carbonyl (C=O) groups excluding carboxylic acids is 2. The Hall–Kier alpha value is -3.08. The number of hydrogen-bond acceptors (Lipinski definition) is 32. The number of benzene rings is 1. The SMILES string of the molecule is CC[C@H]1OC(=O)[C@H](C)[C@@H](OC2CC(C)(OC)C(O)C(C)O2)[C@H](C)[C@@H](OC2OC(C)CC(N(C)C)C2O)[C@](C)(O)C[C@@H](C)/C(=N\O)[C@H](C)[C@@H](O)[C@]1(C)O.CC[C@H]1OC(=O)[C@H](C)[C@@H](OC2CC(C)(OC)C(O)C(C)O2)[C@H](C)[C@@H](OC2OC(C)CC(N(C)C)C2O)[C@](C)(O)C[C@@H](C)/C(=N\OC2Sc3ccccc3S2)[C@H](C)[C@@H](O)[C@]1(C)O. The number of esters is 2.